The van der Waals surface area contributed by atoms with Crippen LogP contribution in [0.3, 0.4) is 0 Å². The molecule has 3 N–H and O–H groups in total. The topological polar surface area (TPSA) is 125 Å². The number of nitrogens with one attached hydrogen (secondary N) is 1. The molecule has 0 fully saturated rings. The van der Waals surface area contributed by atoms with E-state index >= 15 is 0 Å². The van der Waals surface area contributed by atoms with Gasteiger partial charge in [-0.25, -0.2) is 4.79 Å². The standard InChI is InChI=1S/C20H20N2O6/c1-12(23)15-4-3-5-17(10-15)27-11-18(24)28-13(2)20(26)22-16-8-6-14(7-9-16)19(21)25/h3-10,13H,11H2,1-2H3,(H2,21,25)(H,22,26)/t13-/m1/s1. The summed E-state index contributed by atoms with van der Waals surface area (Å²) in [5.41, 5.74) is 6.34. The van der Waals surface area contributed by atoms with E-state index in [1.807, 2.05) is 0 Å². The maximum atomic E-state index is 12.1. The van der Waals surface area contributed by atoms with Gasteiger partial charge in [0.1, 0.15) is 5.75 Å². The summed E-state index contributed by atoms with van der Waals surface area (Å²) in [6.07, 6.45) is -1.06. The van der Waals surface area contributed by atoms with Gasteiger partial charge in [-0.1, -0.05) is 12.1 Å². The second-order valence-corrected chi connectivity index (χ2v) is 5.94. The normalized spacial score (nSPS) is 11.2. The molecule has 0 aliphatic rings. The van der Waals surface area contributed by atoms with E-state index in [-0.39, 0.29) is 5.78 Å². The van der Waals surface area contributed by atoms with Crippen molar-refractivity contribution >= 4 is 29.3 Å². The lowest BCUT2D eigenvalue weighted by Crippen LogP contribution is -2.31. The maximum absolute atomic E-state index is 12.1. The van der Waals surface area contributed by atoms with Crippen molar-refractivity contribution in [3.8, 4) is 5.75 Å². The average Bonchev–Trinajstić information content (AvgIpc) is 2.67. The molecule has 0 bridgehead atoms. The highest BCUT2D eigenvalue weighted by Crippen LogP contribution is 2.14. The predicted octanol–water partition coefficient (Wildman–Crippen LogP) is 1.94. The van der Waals surface area contributed by atoms with Gasteiger partial charge in [-0.05, 0) is 50.2 Å². The number of benzene rings is 2. The van der Waals surface area contributed by atoms with Crippen molar-refractivity contribution in [1.29, 1.82) is 0 Å². The SMILES string of the molecule is CC(=O)c1cccc(OCC(=O)O[C@H](C)C(=O)Nc2ccc(C(N)=O)cc2)c1. The predicted molar refractivity (Wildman–Crippen MR) is 101 cm³/mol. The highest BCUT2D eigenvalue weighted by molar-refractivity contribution is 5.97. The van der Waals surface area contributed by atoms with Crippen molar-refractivity contribution in [2.75, 3.05) is 11.9 Å². The first-order chi connectivity index (χ1) is 13.3. The summed E-state index contributed by atoms with van der Waals surface area (Å²) < 4.78 is 10.3. The Bertz CT molecular complexity index is 892. The molecule has 0 saturated heterocycles. The minimum absolute atomic E-state index is 0.123. The van der Waals surface area contributed by atoms with E-state index in [0.717, 1.165) is 0 Å². The van der Waals surface area contributed by atoms with Crippen LogP contribution < -0.4 is 15.8 Å². The van der Waals surface area contributed by atoms with E-state index in [0.29, 0.717) is 22.6 Å². The fraction of sp³-hybridized carbons (Fsp3) is 0.200. The van der Waals surface area contributed by atoms with E-state index in [2.05, 4.69) is 5.32 Å². The molecule has 2 aromatic carbocycles. The van der Waals surface area contributed by atoms with Crippen LogP contribution in [0.1, 0.15) is 34.6 Å². The van der Waals surface area contributed by atoms with E-state index in [1.165, 1.54) is 44.2 Å². The zero-order valence-corrected chi connectivity index (χ0v) is 15.4. The fourth-order valence-corrected chi connectivity index (χ4v) is 2.19. The molecule has 2 rings (SSSR count). The molecule has 146 valence electrons. The van der Waals surface area contributed by atoms with Crippen LogP contribution in [0.25, 0.3) is 0 Å². The molecule has 0 aromatic heterocycles. The molecular weight excluding hydrogens is 364 g/mol. The Hall–Kier alpha value is -3.68. The van der Waals surface area contributed by atoms with Gasteiger partial charge < -0.3 is 20.5 Å². The summed E-state index contributed by atoms with van der Waals surface area (Å²) in [5.74, 6) is -1.63. The van der Waals surface area contributed by atoms with E-state index < -0.39 is 30.5 Å². The smallest absolute Gasteiger partial charge is 0.344 e. The Morgan fingerprint density at radius 1 is 1.04 bits per heavy atom. The number of primary amides is 1. The van der Waals surface area contributed by atoms with Crippen molar-refractivity contribution < 1.29 is 28.7 Å². The van der Waals surface area contributed by atoms with Gasteiger partial charge in [-0.15, -0.1) is 0 Å². The van der Waals surface area contributed by atoms with Crippen LogP contribution in [0, 0.1) is 0 Å². The molecule has 8 nitrogen and oxygen atoms in total. The largest absolute Gasteiger partial charge is 0.482 e. The molecule has 0 aliphatic carbocycles. The Kier molecular flexibility index (Phi) is 6.86. The van der Waals surface area contributed by atoms with E-state index in [1.54, 1.807) is 18.2 Å². The first-order valence-electron chi connectivity index (χ1n) is 8.40. The third-order valence-electron chi connectivity index (χ3n) is 3.71. The first kappa shape index (κ1) is 20.6. The van der Waals surface area contributed by atoms with E-state index in [9.17, 15) is 19.2 Å². The van der Waals surface area contributed by atoms with Gasteiger partial charge in [0.25, 0.3) is 5.91 Å². The van der Waals surface area contributed by atoms with Crippen LogP contribution in [0.5, 0.6) is 5.75 Å². The number of rotatable bonds is 8. The van der Waals surface area contributed by atoms with Crippen LogP contribution >= 0.6 is 0 Å². The van der Waals surface area contributed by atoms with Crippen LogP contribution in [0.2, 0.25) is 0 Å². The molecule has 8 heteroatoms. The zero-order valence-electron chi connectivity index (χ0n) is 15.4. The quantitative estimate of drug-likeness (QED) is 0.529. The molecule has 0 spiro atoms. The number of carbonyl (C=O) groups excluding carboxylic acids is 4. The highest BCUT2D eigenvalue weighted by atomic mass is 16.6. The van der Waals surface area contributed by atoms with Crippen LogP contribution in [0.4, 0.5) is 5.69 Å². The van der Waals surface area contributed by atoms with Crippen LogP contribution in [-0.2, 0) is 14.3 Å². The number of ketones is 1. The minimum atomic E-state index is -1.06. The lowest BCUT2D eigenvalue weighted by Gasteiger charge is -2.14. The zero-order chi connectivity index (χ0) is 20.7. The molecular formula is C20H20N2O6. The van der Waals surface area contributed by atoms with Gasteiger partial charge in [0.05, 0.1) is 0 Å². The number of anilines is 1. The van der Waals surface area contributed by atoms with Gasteiger partial charge >= 0.3 is 5.97 Å². The molecule has 2 amide bonds. The van der Waals surface area contributed by atoms with Gasteiger partial charge in [-0.3, -0.25) is 14.4 Å². The Morgan fingerprint density at radius 2 is 1.71 bits per heavy atom. The van der Waals surface area contributed by atoms with Crippen molar-refractivity contribution in [1.82, 2.24) is 0 Å². The third kappa shape index (κ3) is 5.94. The van der Waals surface area contributed by atoms with Crippen molar-refractivity contribution in [2.24, 2.45) is 5.73 Å². The lowest BCUT2D eigenvalue weighted by atomic mass is 10.1. The Morgan fingerprint density at radius 3 is 2.32 bits per heavy atom. The molecule has 0 saturated carbocycles. The van der Waals surface area contributed by atoms with Crippen LogP contribution in [0.15, 0.2) is 48.5 Å². The summed E-state index contributed by atoms with van der Waals surface area (Å²) in [7, 11) is 0. The molecule has 28 heavy (non-hydrogen) atoms. The average molecular weight is 384 g/mol. The number of hydrogen-bond donors (Lipinski definition) is 2. The third-order valence-corrected chi connectivity index (χ3v) is 3.71. The monoisotopic (exact) mass is 384 g/mol. The number of Topliss-reactive ketones (excluding diaryl/α,β-unsaturated/α-hetero) is 1. The van der Waals surface area contributed by atoms with Gasteiger partial charge in [0, 0.05) is 16.8 Å². The number of esters is 1. The van der Waals surface area contributed by atoms with Gasteiger partial charge in [0.15, 0.2) is 18.5 Å². The van der Waals surface area contributed by atoms with Gasteiger partial charge in [0.2, 0.25) is 5.91 Å². The Labute approximate surface area is 161 Å². The number of amides is 2. The van der Waals surface area contributed by atoms with Crippen LogP contribution in [-0.4, -0.2) is 36.3 Å². The first-order valence-corrected chi connectivity index (χ1v) is 8.40. The molecule has 0 unspecified atom stereocenters. The summed E-state index contributed by atoms with van der Waals surface area (Å²) in [5, 5.41) is 2.56. The molecule has 0 heterocycles. The fourth-order valence-electron chi connectivity index (χ4n) is 2.19. The van der Waals surface area contributed by atoms with Crippen molar-refractivity contribution in [3.63, 3.8) is 0 Å². The molecule has 1 atom stereocenters. The van der Waals surface area contributed by atoms with Crippen molar-refractivity contribution in [2.45, 2.75) is 20.0 Å². The lowest BCUT2D eigenvalue weighted by molar-refractivity contribution is -0.155. The number of nitrogens with two attached hydrogens (primary N) is 1. The molecule has 0 radical (unpaired) electrons. The summed E-state index contributed by atoms with van der Waals surface area (Å²) in [6, 6.07) is 12.4. The Balaban J connectivity index is 1.84. The molecule has 2 aromatic rings. The summed E-state index contributed by atoms with van der Waals surface area (Å²) in [4.78, 5) is 46.4. The number of carbonyl (C=O) groups is 4. The maximum Gasteiger partial charge on any atom is 0.344 e. The summed E-state index contributed by atoms with van der Waals surface area (Å²) >= 11 is 0. The van der Waals surface area contributed by atoms with Crippen molar-refractivity contribution in [3.05, 3.63) is 59.7 Å². The summed E-state index contributed by atoms with van der Waals surface area (Å²) in [6.45, 7) is 2.43. The highest BCUT2D eigenvalue weighted by Gasteiger charge is 2.18. The molecule has 0 aliphatic heterocycles. The minimum Gasteiger partial charge on any atom is -0.482 e. The van der Waals surface area contributed by atoms with E-state index in [4.69, 9.17) is 15.2 Å². The number of ether oxygens (including phenoxy) is 2. The second-order valence-electron chi connectivity index (χ2n) is 5.94. The van der Waals surface area contributed by atoms with Gasteiger partial charge in [-0.2, -0.15) is 0 Å². The number of hydrogen-bond acceptors (Lipinski definition) is 6. The second kappa shape index (κ2) is 9.31.